The van der Waals surface area contributed by atoms with Gasteiger partial charge in [0, 0.05) is 18.3 Å². The predicted molar refractivity (Wildman–Crippen MR) is 43.3 cm³/mol. The highest BCUT2D eigenvalue weighted by Crippen LogP contribution is 2.53. The molecular formula is C10H12O2. The second kappa shape index (κ2) is 1.99. The van der Waals surface area contributed by atoms with Gasteiger partial charge in [0.05, 0.1) is 6.10 Å². The molecule has 0 spiro atoms. The highest BCUT2D eigenvalue weighted by atomic mass is 16.3. The Kier molecular flexibility index (Phi) is 1.14. The van der Waals surface area contributed by atoms with Crippen molar-refractivity contribution in [2.45, 2.75) is 18.9 Å². The van der Waals surface area contributed by atoms with Crippen molar-refractivity contribution in [1.29, 1.82) is 0 Å². The maximum atomic E-state index is 11.5. The van der Waals surface area contributed by atoms with E-state index in [1.165, 1.54) is 0 Å². The van der Waals surface area contributed by atoms with Gasteiger partial charge in [0.25, 0.3) is 0 Å². The average molecular weight is 164 g/mol. The fraction of sp³-hybridized carbons (Fsp3) is 0.700. The number of rotatable bonds is 0. The Bertz CT molecular complexity index is 269. The van der Waals surface area contributed by atoms with E-state index in [9.17, 15) is 9.90 Å². The fourth-order valence-corrected chi connectivity index (χ4v) is 3.32. The third kappa shape index (κ3) is 0.626. The lowest BCUT2D eigenvalue weighted by Gasteiger charge is -2.20. The summed E-state index contributed by atoms with van der Waals surface area (Å²) in [6, 6.07) is 0. The number of hydrogen-bond donors (Lipinski definition) is 1. The predicted octanol–water partition coefficient (Wildman–Crippen LogP) is 0.758. The number of carbonyl (C=O) groups excluding carboxylic acids is 1. The van der Waals surface area contributed by atoms with Crippen molar-refractivity contribution < 1.29 is 9.90 Å². The minimum Gasteiger partial charge on any atom is -0.392 e. The van der Waals surface area contributed by atoms with Crippen molar-refractivity contribution in [3.63, 3.8) is 0 Å². The van der Waals surface area contributed by atoms with E-state index in [4.69, 9.17) is 0 Å². The van der Waals surface area contributed by atoms with Gasteiger partial charge in [0.15, 0.2) is 0 Å². The number of aliphatic hydroxyl groups excluding tert-OH is 1. The zero-order chi connectivity index (χ0) is 8.29. The molecular weight excluding hydrogens is 152 g/mol. The number of Topliss-reactive ketones (excluding diaryl/α,β-unsaturated/α-hetero) is 1. The van der Waals surface area contributed by atoms with E-state index in [0.717, 1.165) is 6.42 Å². The molecule has 2 fully saturated rings. The van der Waals surface area contributed by atoms with Gasteiger partial charge in [0.2, 0.25) is 0 Å². The van der Waals surface area contributed by atoms with Gasteiger partial charge in [-0.05, 0) is 18.3 Å². The molecule has 0 amide bonds. The van der Waals surface area contributed by atoms with Crippen LogP contribution in [0, 0.1) is 23.7 Å². The Balaban J connectivity index is 2.03. The normalized spacial score (nSPS) is 55.1. The highest BCUT2D eigenvalue weighted by molar-refractivity contribution is 5.85. The van der Waals surface area contributed by atoms with Gasteiger partial charge in [-0.25, -0.2) is 0 Å². The van der Waals surface area contributed by atoms with Crippen LogP contribution < -0.4 is 0 Å². The molecule has 1 N–H and O–H groups in total. The summed E-state index contributed by atoms with van der Waals surface area (Å²) in [5.41, 5.74) is 0. The van der Waals surface area contributed by atoms with Crippen LogP contribution >= 0.6 is 0 Å². The Labute approximate surface area is 71.3 Å². The summed E-state index contributed by atoms with van der Waals surface area (Å²) in [5.74, 6) is 1.71. The summed E-state index contributed by atoms with van der Waals surface area (Å²) >= 11 is 0. The van der Waals surface area contributed by atoms with Crippen LogP contribution in [-0.2, 0) is 4.79 Å². The van der Waals surface area contributed by atoms with Gasteiger partial charge in [-0.2, -0.15) is 0 Å². The van der Waals surface area contributed by atoms with E-state index >= 15 is 0 Å². The molecule has 2 nitrogen and oxygen atoms in total. The monoisotopic (exact) mass is 164 g/mol. The van der Waals surface area contributed by atoms with Gasteiger partial charge >= 0.3 is 0 Å². The molecule has 0 heterocycles. The third-order valence-electron chi connectivity index (χ3n) is 3.75. The standard InChI is InChI=1S/C10H12O2/c11-7-4-8(12)10-6-2-1-5(3-6)9(7)10/h1-2,5-7,9-11H,3-4H2/t5-,6+,7-,9+,10-/m1/s1. The molecule has 0 aromatic rings. The van der Waals surface area contributed by atoms with E-state index in [2.05, 4.69) is 12.2 Å². The van der Waals surface area contributed by atoms with Crippen LogP contribution in [-0.4, -0.2) is 17.0 Å². The molecule has 0 aromatic carbocycles. The van der Waals surface area contributed by atoms with E-state index in [0.29, 0.717) is 24.0 Å². The molecule has 64 valence electrons. The van der Waals surface area contributed by atoms with Crippen LogP contribution in [0.15, 0.2) is 12.2 Å². The van der Waals surface area contributed by atoms with Gasteiger partial charge < -0.3 is 5.11 Å². The van der Waals surface area contributed by atoms with Gasteiger partial charge in [-0.3, -0.25) is 4.79 Å². The second-order valence-corrected chi connectivity index (χ2v) is 4.29. The molecule has 12 heavy (non-hydrogen) atoms. The van der Waals surface area contributed by atoms with Crippen molar-refractivity contribution >= 4 is 5.78 Å². The summed E-state index contributed by atoms with van der Waals surface area (Å²) in [7, 11) is 0. The number of aliphatic hydroxyl groups is 1. The number of allylic oxidation sites excluding steroid dienone is 2. The lowest BCUT2D eigenvalue weighted by molar-refractivity contribution is -0.121. The molecule has 2 heteroatoms. The quantitative estimate of drug-likeness (QED) is 0.537. The van der Waals surface area contributed by atoms with Crippen LogP contribution in [0.2, 0.25) is 0 Å². The Morgan fingerprint density at radius 2 is 2.08 bits per heavy atom. The molecule has 2 bridgehead atoms. The number of hydrogen-bond acceptors (Lipinski definition) is 2. The second-order valence-electron chi connectivity index (χ2n) is 4.29. The van der Waals surface area contributed by atoms with E-state index in [1.54, 1.807) is 0 Å². The van der Waals surface area contributed by atoms with E-state index < -0.39 is 0 Å². The highest BCUT2D eigenvalue weighted by Gasteiger charge is 2.54. The Hall–Kier alpha value is -0.630. The van der Waals surface area contributed by atoms with Crippen molar-refractivity contribution in [3.8, 4) is 0 Å². The third-order valence-corrected chi connectivity index (χ3v) is 3.75. The topological polar surface area (TPSA) is 37.3 Å². The van der Waals surface area contributed by atoms with Crippen molar-refractivity contribution in [1.82, 2.24) is 0 Å². The molecule has 3 aliphatic rings. The summed E-state index contributed by atoms with van der Waals surface area (Å²) in [6.07, 6.45) is 5.53. The van der Waals surface area contributed by atoms with Crippen molar-refractivity contribution in [3.05, 3.63) is 12.2 Å². The first-order valence-electron chi connectivity index (χ1n) is 4.66. The van der Waals surface area contributed by atoms with Crippen LogP contribution in [0.1, 0.15) is 12.8 Å². The lowest BCUT2D eigenvalue weighted by Crippen LogP contribution is -2.24. The minimum absolute atomic E-state index is 0.176. The number of fused-ring (bicyclic) bond motifs is 5. The fourth-order valence-electron chi connectivity index (χ4n) is 3.32. The largest absolute Gasteiger partial charge is 0.392 e. The minimum atomic E-state index is -0.345. The molecule has 0 radical (unpaired) electrons. The first kappa shape index (κ1) is 6.84. The van der Waals surface area contributed by atoms with Crippen LogP contribution in [0.4, 0.5) is 0 Å². The van der Waals surface area contributed by atoms with E-state index in [-0.39, 0.29) is 17.9 Å². The summed E-state index contributed by atoms with van der Waals surface area (Å²) in [6.45, 7) is 0. The van der Waals surface area contributed by atoms with E-state index in [1.807, 2.05) is 0 Å². The number of ketones is 1. The van der Waals surface area contributed by atoms with Crippen molar-refractivity contribution in [2.24, 2.45) is 23.7 Å². The molecule has 3 rings (SSSR count). The number of carbonyl (C=O) groups is 1. The first-order valence-corrected chi connectivity index (χ1v) is 4.66. The van der Waals surface area contributed by atoms with Gasteiger partial charge in [-0.1, -0.05) is 12.2 Å². The molecule has 2 saturated carbocycles. The van der Waals surface area contributed by atoms with Gasteiger partial charge in [-0.15, -0.1) is 0 Å². The van der Waals surface area contributed by atoms with Crippen molar-refractivity contribution in [2.75, 3.05) is 0 Å². The molecule has 0 saturated heterocycles. The summed E-state index contributed by atoms with van der Waals surface area (Å²) < 4.78 is 0. The first-order chi connectivity index (χ1) is 5.77. The Morgan fingerprint density at radius 1 is 1.33 bits per heavy atom. The molecule has 3 aliphatic carbocycles. The van der Waals surface area contributed by atoms with Crippen LogP contribution in [0.5, 0.6) is 0 Å². The average Bonchev–Trinajstić information content (AvgIpc) is 2.64. The van der Waals surface area contributed by atoms with Crippen LogP contribution in [0.25, 0.3) is 0 Å². The smallest absolute Gasteiger partial charge is 0.139 e. The molecule has 0 unspecified atom stereocenters. The maximum Gasteiger partial charge on any atom is 0.139 e. The lowest BCUT2D eigenvalue weighted by atomic mass is 9.85. The zero-order valence-corrected chi connectivity index (χ0v) is 6.81. The van der Waals surface area contributed by atoms with Gasteiger partial charge in [0.1, 0.15) is 5.78 Å². The molecule has 0 aromatic heterocycles. The SMILES string of the molecule is O=C1C[C@@H](O)[C@H]2[C@@H]1[C@H]1C=C[C@@H]2C1. The van der Waals surface area contributed by atoms with Crippen LogP contribution in [0.3, 0.4) is 0 Å². The summed E-state index contributed by atoms with van der Waals surface area (Å²) in [4.78, 5) is 11.5. The Morgan fingerprint density at radius 3 is 2.83 bits per heavy atom. The molecule has 5 atom stereocenters. The summed E-state index contributed by atoms with van der Waals surface area (Å²) in [5, 5.41) is 9.64. The maximum absolute atomic E-state index is 11.5. The zero-order valence-electron chi connectivity index (χ0n) is 6.81. The molecule has 0 aliphatic heterocycles.